The van der Waals surface area contributed by atoms with Gasteiger partial charge in [0.25, 0.3) is 17.1 Å². The molecule has 2 aliphatic rings. The summed E-state index contributed by atoms with van der Waals surface area (Å²) >= 11 is 0.887. The number of imide groups is 1. The zero-order chi connectivity index (χ0) is 21.3. The van der Waals surface area contributed by atoms with Gasteiger partial charge >= 0.3 is 0 Å². The summed E-state index contributed by atoms with van der Waals surface area (Å²) in [4.78, 5) is 42.9. The largest absolute Gasteiger partial charge is 0.489 e. The van der Waals surface area contributed by atoms with E-state index in [9.17, 15) is 14.4 Å². The second kappa shape index (κ2) is 8.31. The van der Waals surface area contributed by atoms with Crippen molar-refractivity contribution in [3.8, 4) is 5.75 Å². The molecule has 0 radical (unpaired) electrons. The van der Waals surface area contributed by atoms with Gasteiger partial charge in [0, 0.05) is 37.0 Å². The molecule has 1 N–H and O–H groups in total. The lowest BCUT2D eigenvalue weighted by molar-refractivity contribution is -0.122. The van der Waals surface area contributed by atoms with Crippen LogP contribution in [0.1, 0.15) is 41.3 Å². The molecule has 2 aliphatic heterocycles. The van der Waals surface area contributed by atoms with Crippen molar-refractivity contribution in [3.63, 3.8) is 0 Å². The number of nitrogens with one attached hydrogen (secondary N) is 1. The molecular weight excluding hydrogens is 402 g/mol. The van der Waals surface area contributed by atoms with Gasteiger partial charge in [0.05, 0.1) is 10.5 Å². The number of benzene rings is 1. The summed E-state index contributed by atoms with van der Waals surface area (Å²) < 4.78 is 5.86. The molecule has 7 nitrogen and oxygen atoms in total. The molecule has 0 spiro atoms. The topological polar surface area (TPSA) is 88.6 Å². The Labute approximate surface area is 178 Å². The maximum atomic E-state index is 12.7. The molecule has 30 heavy (non-hydrogen) atoms. The van der Waals surface area contributed by atoms with E-state index in [1.165, 1.54) is 0 Å². The Morgan fingerprint density at radius 2 is 2.10 bits per heavy atom. The minimum absolute atomic E-state index is 0.0100. The predicted molar refractivity (Wildman–Crippen MR) is 114 cm³/mol. The normalized spacial score (nSPS) is 21.7. The van der Waals surface area contributed by atoms with Gasteiger partial charge in [-0.15, -0.1) is 0 Å². The van der Waals surface area contributed by atoms with E-state index >= 15 is 0 Å². The molecular formula is C22H21N3O4S. The zero-order valence-electron chi connectivity index (χ0n) is 16.6. The van der Waals surface area contributed by atoms with Gasteiger partial charge in [0.15, 0.2) is 0 Å². The third-order valence-corrected chi connectivity index (χ3v) is 6.17. The van der Waals surface area contributed by atoms with Crippen molar-refractivity contribution < 1.29 is 19.1 Å². The molecule has 1 aromatic carbocycles. The first kappa shape index (κ1) is 20.2. The van der Waals surface area contributed by atoms with Crippen LogP contribution in [0.25, 0.3) is 6.08 Å². The quantitative estimate of drug-likeness (QED) is 0.742. The first-order valence-corrected chi connectivity index (χ1v) is 10.5. The number of hydrogen-bond donors (Lipinski definition) is 1. The van der Waals surface area contributed by atoms with Crippen LogP contribution in [0.3, 0.4) is 0 Å². The molecule has 1 fully saturated rings. The molecule has 2 unspecified atom stereocenters. The smallest absolute Gasteiger partial charge is 0.293 e. The number of amides is 3. The number of ether oxygens (including phenoxy) is 1. The van der Waals surface area contributed by atoms with Crippen molar-refractivity contribution >= 4 is 34.9 Å². The molecule has 3 heterocycles. The maximum Gasteiger partial charge on any atom is 0.293 e. The van der Waals surface area contributed by atoms with Crippen molar-refractivity contribution in [2.24, 2.45) is 0 Å². The monoisotopic (exact) mass is 423 g/mol. The highest BCUT2D eigenvalue weighted by Crippen LogP contribution is 2.40. The summed E-state index contributed by atoms with van der Waals surface area (Å²) in [5.74, 6) is 0.177. The summed E-state index contributed by atoms with van der Waals surface area (Å²) in [6, 6.07) is 9.09. The van der Waals surface area contributed by atoms with Crippen molar-refractivity contribution in [1.82, 2.24) is 15.2 Å². The number of carbonyl (C=O) groups excluding carboxylic acids is 3. The lowest BCUT2D eigenvalue weighted by atomic mass is 9.97. The molecule has 1 aromatic heterocycles. The van der Waals surface area contributed by atoms with Crippen LogP contribution in [0.4, 0.5) is 4.79 Å². The predicted octanol–water partition coefficient (Wildman–Crippen LogP) is 3.43. The summed E-state index contributed by atoms with van der Waals surface area (Å²) in [6.45, 7) is 4.30. The van der Waals surface area contributed by atoms with Gasteiger partial charge in [-0.2, -0.15) is 0 Å². The lowest BCUT2D eigenvalue weighted by Gasteiger charge is -2.14. The SMILES string of the molecule is CC1Oc2c(C(=O)NCCN3C(=O)S/C(=C\c4cccnc4)C3=O)cccc2C1C. The second-order valence-corrected chi connectivity index (χ2v) is 8.20. The molecule has 0 aliphatic carbocycles. The molecule has 3 amide bonds. The third kappa shape index (κ3) is 3.82. The van der Waals surface area contributed by atoms with E-state index in [0.29, 0.717) is 16.2 Å². The minimum atomic E-state index is -0.366. The summed E-state index contributed by atoms with van der Waals surface area (Å²) in [6.07, 6.45) is 4.91. The van der Waals surface area contributed by atoms with Crippen molar-refractivity contribution in [3.05, 3.63) is 64.3 Å². The van der Waals surface area contributed by atoms with E-state index in [-0.39, 0.29) is 42.2 Å². The first-order chi connectivity index (χ1) is 14.5. The molecule has 8 heteroatoms. The van der Waals surface area contributed by atoms with Crippen LogP contribution in [0.15, 0.2) is 47.6 Å². The number of carbonyl (C=O) groups is 3. The third-order valence-electron chi connectivity index (χ3n) is 5.27. The fraction of sp³-hybridized carbons (Fsp3) is 0.273. The Kier molecular flexibility index (Phi) is 5.59. The van der Waals surface area contributed by atoms with Crippen LogP contribution in [0.5, 0.6) is 5.75 Å². The number of fused-ring (bicyclic) bond motifs is 1. The van der Waals surface area contributed by atoms with Gasteiger partial charge in [-0.3, -0.25) is 24.3 Å². The number of nitrogens with zero attached hydrogens (tertiary/aromatic N) is 2. The van der Waals surface area contributed by atoms with Gasteiger partial charge in [-0.25, -0.2) is 0 Å². The van der Waals surface area contributed by atoms with Gasteiger partial charge in [-0.1, -0.05) is 25.1 Å². The molecule has 2 atom stereocenters. The van der Waals surface area contributed by atoms with Crippen molar-refractivity contribution in [2.75, 3.05) is 13.1 Å². The van der Waals surface area contributed by atoms with Crippen LogP contribution in [-0.4, -0.2) is 46.1 Å². The van der Waals surface area contributed by atoms with E-state index in [1.54, 1.807) is 30.6 Å². The van der Waals surface area contributed by atoms with Crippen LogP contribution in [0, 0.1) is 0 Å². The number of pyridine rings is 1. The number of hydrogen-bond acceptors (Lipinski definition) is 6. The fourth-order valence-electron chi connectivity index (χ4n) is 3.45. The average Bonchev–Trinajstić information content (AvgIpc) is 3.18. The highest BCUT2D eigenvalue weighted by Gasteiger charge is 2.35. The van der Waals surface area contributed by atoms with Crippen molar-refractivity contribution in [2.45, 2.75) is 25.9 Å². The van der Waals surface area contributed by atoms with E-state index < -0.39 is 0 Å². The van der Waals surface area contributed by atoms with Crippen LogP contribution < -0.4 is 10.1 Å². The van der Waals surface area contributed by atoms with Gasteiger partial charge in [0.1, 0.15) is 11.9 Å². The first-order valence-electron chi connectivity index (χ1n) is 9.69. The lowest BCUT2D eigenvalue weighted by Crippen LogP contribution is -2.37. The Hall–Kier alpha value is -3.13. The Balaban J connectivity index is 1.38. The Morgan fingerprint density at radius 3 is 2.87 bits per heavy atom. The second-order valence-electron chi connectivity index (χ2n) is 7.21. The standard InChI is InChI=1S/C22H21N3O4S/c1-13-14(2)29-19-16(13)6-3-7-17(19)20(26)24-9-10-25-21(27)18(30-22(25)28)11-15-5-4-8-23-12-15/h3-8,11-14H,9-10H2,1-2H3,(H,24,26)/b18-11-. The van der Waals surface area contributed by atoms with Gasteiger partial charge < -0.3 is 10.1 Å². The van der Waals surface area contributed by atoms with Crippen LogP contribution >= 0.6 is 11.8 Å². The van der Waals surface area contributed by atoms with Gasteiger partial charge in [-0.05, 0) is 42.5 Å². The van der Waals surface area contributed by atoms with E-state index in [2.05, 4.69) is 17.2 Å². The van der Waals surface area contributed by atoms with Crippen LogP contribution in [0.2, 0.25) is 0 Å². The highest BCUT2D eigenvalue weighted by molar-refractivity contribution is 8.18. The highest BCUT2D eigenvalue weighted by atomic mass is 32.2. The average molecular weight is 423 g/mol. The van der Waals surface area contributed by atoms with E-state index in [4.69, 9.17) is 4.74 Å². The molecule has 1 saturated heterocycles. The molecule has 154 valence electrons. The van der Waals surface area contributed by atoms with E-state index in [1.807, 2.05) is 25.1 Å². The number of thioether (sulfide) groups is 1. The minimum Gasteiger partial charge on any atom is -0.489 e. The number of aromatic nitrogens is 1. The Bertz CT molecular complexity index is 1040. The fourth-order valence-corrected chi connectivity index (χ4v) is 4.31. The zero-order valence-corrected chi connectivity index (χ0v) is 17.4. The van der Waals surface area contributed by atoms with E-state index in [0.717, 1.165) is 27.8 Å². The molecule has 2 aromatic rings. The van der Waals surface area contributed by atoms with Crippen molar-refractivity contribution in [1.29, 1.82) is 0 Å². The number of para-hydroxylation sites is 1. The molecule has 4 rings (SSSR count). The van der Waals surface area contributed by atoms with Gasteiger partial charge in [0.2, 0.25) is 0 Å². The summed E-state index contributed by atoms with van der Waals surface area (Å²) in [5.41, 5.74) is 2.23. The number of rotatable bonds is 5. The molecule has 0 bridgehead atoms. The van der Waals surface area contributed by atoms with Crippen LogP contribution in [-0.2, 0) is 4.79 Å². The maximum absolute atomic E-state index is 12.7. The summed E-state index contributed by atoms with van der Waals surface area (Å²) in [5, 5.41) is 2.44. The summed E-state index contributed by atoms with van der Waals surface area (Å²) in [7, 11) is 0. The Morgan fingerprint density at radius 1 is 1.27 bits per heavy atom. The molecule has 0 saturated carbocycles.